The highest BCUT2D eigenvalue weighted by Crippen LogP contribution is 2.33. The van der Waals surface area contributed by atoms with Crippen LogP contribution in [0, 0.1) is 0 Å². The van der Waals surface area contributed by atoms with Gasteiger partial charge in [-0.25, -0.2) is 0 Å². The van der Waals surface area contributed by atoms with Crippen molar-refractivity contribution >= 4 is 27.2 Å². The molecule has 134 valence electrons. The fourth-order valence-corrected chi connectivity index (χ4v) is 2.98. The first-order valence-electron chi connectivity index (χ1n) is 8.17. The van der Waals surface area contributed by atoms with Crippen LogP contribution in [0.5, 0.6) is 0 Å². The van der Waals surface area contributed by atoms with Gasteiger partial charge < -0.3 is 5.73 Å². The van der Waals surface area contributed by atoms with E-state index in [0.29, 0.717) is 17.3 Å². The van der Waals surface area contributed by atoms with E-state index in [4.69, 9.17) is 10.3 Å². The van der Waals surface area contributed by atoms with Crippen LogP contribution in [0.3, 0.4) is 0 Å². The average Bonchev–Trinajstić information content (AvgIpc) is 2.59. The first kappa shape index (κ1) is 19.1. The predicted molar refractivity (Wildman–Crippen MR) is 99.4 cm³/mol. The van der Waals surface area contributed by atoms with Crippen molar-refractivity contribution < 1.29 is 13.0 Å². The van der Waals surface area contributed by atoms with Crippen LogP contribution in [0.4, 0.5) is 17.1 Å². The molecule has 0 bridgehead atoms. The number of benzene rings is 2. The molecule has 6 nitrogen and oxygen atoms in total. The molecule has 1 atom stereocenters. The fraction of sp³-hybridized carbons (Fsp3) is 0.333. The maximum atomic E-state index is 11.0. The predicted octanol–water partition coefficient (Wildman–Crippen LogP) is 5.01. The zero-order valence-corrected chi connectivity index (χ0v) is 15.4. The van der Waals surface area contributed by atoms with E-state index in [1.807, 2.05) is 19.1 Å². The summed E-state index contributed by atoms with van der Waals surface area (Å²) < 4.78 is 31.1. The summed E-state index contributed by atoms with van der Waals surface area (Å²) in [6.07, 6.45) is 1.78. The Labute approximate surface area is 148 Å². The standard InChI is InChI=1S/C18H23N3O3S/c1-4-12(3)17-11-15(10-13(5-2)18(17)19)21-20-14-6-8-16(9-7-14)25(22,23)24/h6-12H,4-5,19H2,1-3H3,(H,22,23,24)/b21-20+. The SMILES string of the molecule is CCc1cc(/N=N/c2ccc(S(=O)(=O)O)cc2)cc(C(C)CC)c1N. The third kappa shape index (κ3) is 4.64. The molecule has 0 saturated heterocycles. The van der Waals surface area contributed by atoms with Crippen molar-refractivity contribution in [3.63, 3.8) is 0 Å². The van der Waals surface area contributed by atoms with Crippen LogP contribution in [0.15, 0.2) is 51.5 Å². The van der Waals surface area contributed by atoms with Crippen molar-refractivity contribution in [2.45, 2.75) is 44.4 Å². The molecular formula is C18H23N3O3S. The molecule has 0 fully saturated rings. The van der Waals surface area contributed by atoms with Crippen molar-refractivity contribution in [2.75, 3.05) is 5.73 Å². The third-order valence-corrected chi connectivity index (χ3v) is 5.09. The van der Waals surface area contributed by atoms with Gasteiger partial charge in [-0.1, -0.05) is 20.8 Å². The quantitative estimate of drug-likeness (QED) is 0.428. The van der Waals surface area contributed by atoms with Gasteiger partial charge in [-0.2, -0.15) is 18.6 Å². The van der Waals surface area contributed by atoms with Crippen LogP contribution in [0.1, 0.15) is 44.2 Å². The number of azo groups is 1. The van der Waals surface area contributed by atoms with E-state index in [2.05, 4.69) is 24.1 Å². The molecule has 0 radical (unpaired) electrons. The van der Waals surface area contributed by atoms with Crippen molar-refractivity contribution in [2.24, 2.45) is 10.2 Å². The zero-order valence-electron chi connectivity index (χ0n) is 14.6. The lowest BCUT2D eigenvalue weighted by Gasteiger charge is -2.16. The Bertz CT molecular complexity index is 875. The number of nitrogens with two attached hydrogens (primary N) is 1. The van der Waals surface area contributed by atoms with E-state index in [1.165, 1.54) is 24.3 Å². The lowest BCUT2D eigenvalue weighted by atomic mass is 9.93. The number of anilines is 1. The number of nitrogens with zero attached hydrogens (tertiary/aromatic N) is 2. The molecule has 25 heavy (non-hydrogen) atoms. The van der Waals surface area contributed by atoms with Crippen LogP contribution >= 0.6 is 0 Å². The van der Waals surface area contributed by atoms with Crippen molar-refractivity contribution in [1.82, 2.24) is 0 Å². The topological polar surface area (TPSA) is 105 Å². The monoisotopic (exact) mass is 361 g/mol. The normalized spacial score (nSPS) is 13.3. The number of rotatable bonds is 6. The van der Waals surface area contributed by atoms with Gasteiger partial charge in [0, 0.05) is 5.69 Å². The highest BCUT2D eigenvalue weighted by Gasteiger charge is 2.12. The molecule has 0 saturated carbocycles. The molecule has 0 amide bonds. The molecule has 0 aliphatic carbocycles. The van der Waals surface area contributed by atoms with E-state index in [-0.39, 0.29) is 4.90 Å². The highest BCUT2D eigenvalue weighted by molar-refractivity contribution is 7.85. The second-order valence-corrected chi connectivity index (χ2v) is 7.36. The fourth-order valence-electron chi connectivity index (χ4n) is 2.50. The van der Waals surface area contributed by atoms with E-state index < -0.39 is 10.1 Å². The Hall–Kier alpha value is -2.25. The summed E-state index contributed by atoms with van der Waals surface area (Å²) >= 11 is 0. The summed E-state index contributed by atoms with van der Waals surface area (Å²) in [4.78, 5) is -0.175. The van der Waals surface area contributed by atoms with E-state index >= 15 is 0 Å². The molecular weight excluding hydrogens is 338 g/mol. The lowest BCUT2D eigenvalue weighted by Crippen LogP contribution is -2.02. The molecule has 2 rings (SSSR count). The van der Waals surface area contributed by atoms with Gasteiger partial charge in [-0.05, 0) is 66.3 Å². The molecule has 1 unspecified atom stereocenters. The molecule has 7 heteroatoms. The van der Waals surface area contributed by atoms with Crippen LogP contribution in [0.25, 0.3) is 0 Å². The van der Waals surface area contributed by atoms with Gasteiger partial charge in [0.1, 0.15) is 0 Å². The van der Waals surface area contributed by atoms with Gasteiger partial charge in [0.2, 0.25) is 0 Å². The Balaban J connectivity index is 2.34. The summed E-state index contributed by atoms with van der Waals surface area (Å²) in [5.74, 6) is 0.328. The summed E-state index contributed by atoms with van der Waals surface area (Å²) in [6.45, 7) is 6.28. The molecule has 0 heterocycles. The van der Waals surface area contributed by atoms with E-state index in [0.717, 1.165) is 29.7 Å². The van der Waals surface area contributed by atoms with Crippen LogP contribution in [-0.2, 0) is 16.5 Å². The number of hydrogen-bond donors (Lipinski definition) is 2. The van der Waals surface area contributed by atoms with Gasteiger partial charge in [-0.15, -0.1) is 0 Å². The van der Waals surface area contributed by atoms with E-state index in [1.54, 1.807) is 0 Å². The summed E-state index contributed by atoms with van der Waals surface area (Å²) in [7, 11) is -4.20. The first-order valence-corrected chi connectivity index (χ1v) is 9.61. The minimum absolute atomic E-state index is 0.175. The summed E-state index contributed by atoms with van der Waals surface area (Å²) in [5, 5.41) is 8.39. The second kappa shape index (κ2) is 7.76. The Morgan fingerprint density at radius 2 is 1.68 bits per heavy atom. The van der Waals surface area contributed by atoms with Gasteiger partial charge in [-0.3, -0.25) is 4.55 Å². The molecule has 0 spiro atoms. The zero-order chi connectivity index (χ0) is 18.6. The summed E-state index contributed by atoms with van der Waals surface area (Å²) in [5.41, 5.74) is 10.4. The molecule has 0 aromatic heterocycles. The molecule has 2 aromatic carbocycles. The number of aryl methyl sites for hydroxylation is 1. The molecule has 2 aromatic rings. The smallest absolute Gasteiger partial charge is 0.294 e. The minimum Gasteiger partial charge on any atom is -0.398 e. The lowest BCUT2D eigenvalue weighted by molar-refractivity contribution is 0.483. The Morgan fingerprint density at radius 1 is 1.08 bits per heavy atom. The van der Waals surface area contributed by atoms with Crippen molar-refractivity contribution in [1.29, 1.82) is 0 Å². The van der Waals surface area contributed by atoms with Crippen molar-refractivity contribution in [3.8, 4) is 0 Å². The number of nitrogen functional groups attached to an aromatic ring is 1. The minimum atomic E-state index is -4.20. The van der Waals surface area contributed by atoms with Gasteiger partial charge in [0.15, 0.2) is 0 Å². The highest BCUT2D eigenvalue weighted by atomic mass is 32.2. The van der Waals surface area contributed by atoms with Gasteiger partial charge >= 0.3 is 0 Å². The molecule has 3 N–H and O–H groups in total. The average molecular weight is 361 g/mol. The van der Waals surface area contributed by atoms with Crippen LogP contribution in [-0.4, -0.2) is 13.0 Å². The second-order valence-electron chi connectivity index (χ2n) is 5.94. The van der Waals surface area contributed by atoms with Crippen LogP contribution < -0.4 is 5.73 Å². The number of hydrogen-bond acceptors (Lipinski definition) is 5. The van der Waals surface area contributed by atoms with Gasteiger partial charge in [0.25, 0.3) is 10.1 Å². The largest absolute Gasteiger partial charge is 0.398 e. The maximum absolute atomic E-state index is 11.0. The molecule has 0 aliphatic heterocycles. The first-order chi connectivity index (χ1) is 11.8. The summed E-state index contributed by atoms with van der Waals surface area (Å²) in [6, 6.07) is 9.40. The Morgan fingerprint density at radius 3 is 2.20 bits per heavy atom. The maximum Gasteiger partial charge on any atom is 0.294 e. The van der Waals surface area contributed by atoms with E-state index in [9.17, 15) is 8.42 Å². The Kier molecular flexibility index (Phi) is 5.92. The molecule has 0 aliphatic rings. The van der Waals surface area contributed by atoms with Gasteiger partial charge in [0.05, 0.1) is 16.3 Å². The third-order valence-electron chi connectivity index (χ3n) is 4.22. The van der Waals surface area contributed by atoms with Crippen molar-refractivity contribution in [3.05, 3.63) is 47.5 Å². The van der Waals surface area contributed by atoms with Crippen LogP contribution in [0.2, 0.25) is 0 Å².